The van der Waals surface area contributed by atoms with Crippen molar-refractivity contribution in [2.75, 3.05) is 18.8 Å². The van der Waals surface area contributed by atoms with Gasteiger partial charge in [0.1, 0.15) is 5.69 Å². The van der Waals surface area contributed by atoms with Gasteiger partial charge < -0.3 is 5.32 Å². The Labute approximate surface area is 132 Å². The van der Waals surface area contributed by atoms with Gasteiger partial charge in [0.15, 0.2) is 0 Å². The summed E-state index contributed by atoms with van der Waals surface area (Å²) in [6.45, 7) is 2.92. The third-order valence-corrected chi connectivity index (χ3v) is 5.79. The number of nitrogens with zero attached hydrogens (tertiary/aromatic N) is 2. The Bertz CT molecular complexity index is 581. The number of amides is 1. The maximum Gasteiger partial charge on any atom is 0.270 e. The molecule has 1 saturated heterocycles. The fourth-order valence-corrected chi connectivity index (χ4v) is 4.17. The molecule has 0 radical (unpaired) electrons. The van der Waals surface area contributed by atoms with Crippen molar-refractivity contribution in [1.29, 1.82) is 0 Å². The quantitative estimate of drug-likeness (QED) is 0.857. The third kappa shape index (κ3) is 4.51. The van der Waals surface area contributed by atoms with E-state index >= 15 is 0 Å². The summed E-state index contributed by atoms with van der Waals surface area (Å²) in [5.41, 5.74) is 0.389. The maximum atomic E-state index is 12.1. The highest BCUT2D eigenvalue weighted by Crippen LogP contribution is 2.16. The monoisotopic (exact) mass is 325 g/mol. The van der Waals surface area contributed by atoms with Crippen LogP contribution in [0, 0.1) is 0 Å². The number of hydrogen-bond donors (Lipinski definition) is 1. The van der Waals surface area contributed by atoms with Crippen LogP contribution in [0.15, 0.2) is 24.4 Å². The molecule has 122 valence electrons. The van der Waals surface area contributed by atoms with Crippen molar-refractivity contribution >= 4 is 15.9 Å². The van der Waals surface area contributed by atoms with E-state index in [1.54, 1.807) is 28.7 Å². The molecular weight excluding hydrogens is 302 g/mol. The van der Waals surface area contributed by atoms with Crippen molar-refractivity contribution in [1.82, 2.24) is 14.6 Å². The predicted molar refractivity (Wildman–Crippen MR) is 85.0 cm³/mol. The molecule has 1 fully saturated rings. The zero-order chi connectivity index (χ0) is 16.0. The zero-order valence-electron chi connectivity index (χ0n) is 12.9. The molecule has 0 spiro atoms. The van der Waals surface area contributed by atoms with Crippen LogP contribution in [0.3, 0.4) is 0 Å². The maximum absolute atomic E-state index is 12.1. The lowest BCUT2D eigenvalue weighted by molar-refractivity contribution is 0.0919. The standard InChI is InChI=1S/C15H23N3O3S/c1-2-3-12-22(20,21)18-10-7-13(8-11-18)17-15(19)14-6-4-5-9-16-14/h4-6,9,13H,2-3,7-8,10-12H2,1H3,(H,17,19). The number of nitrogens with one attached hydrogen (secondary N) is 1. The van der Waals surface area contributed by atoms with Gasteiger partial charge in [0.2, 0.25) is 10.0 Å². The van der Waals surface area contributed by atoms with Gasteiger partial charge >= 0.3 is 0 Å². The second-order valence-electron chi connectivity index (χ2n) is 5.53. The average Bonchev–Trinajstić information content (AvgIpc) is 2.54. The molecule has 1 aliphatic heterocycles. The van der Waals surface area contributed by atoms with Gasteiger partial charge in [-0.2, -0.15) is 0 Å². The molecule has 0 aromatic carbocycles. The second-order valence-corrected chi connectivity index (χ2v) is 7.62. The van der Waals surface area contributed by atoms with E-state index in [4.69, 9.17) is 0 Å². The number of carbonyl (C=O) groups excluding carboxylic acids is 1. The molecule has 6 nitrogen and oxygen atoms in total. The molecule has 1 aromatic heterocycles. The van der Waals surface area contributed by atoms with Crippen LogP contribution >= 0.6 is 0 Å². The molecule has 1 aliphatic rings. The van der Waals surface area contributed by atoms with Gasteiger partial charge in [-0.15, -0.1) is 0 Å². The molecule has 7 heteroatoms. The second kappa shape index (κ2) is 7.69. The third-order valence-electron chi connectivity index (χ3n) is 3.84. The highest BCUT2D eigenvalue weighted by atomic mass is 32.2. The largest absolute Gasteiger partial charge is 0.348 e. The van der Waals surface area contributed by atoms with Crippen molar-refractivity contribution in [2.45, 2.75) is 38.6 Å². The number of pyridine rings is 1. The Balaban J connectivity index is 1.84. The molecule has 2 heterocycles. The molecule has 0 atom stereocenters. The van der Waals surface area contributed by atoms with Crippen LogP contribution in [-0.2, 0) is 10.0 Å². The Morgan fingerprint density at radius 3 is 2.68 bits per heavy atom. The fraction of sp³-hybridized carbons (Fsp3) is 0.600. The van der Waals surface area contributed by atoms with E-state index in [2.05, 4.69) is 10.3 Å². The number of aromatic nitrogens is 1. The van der Waals surface area contributed by atoms with Gasteiger partial charge in [-0.05, 0) is 31.4 Å². The number of rotatable bonds is 6. The highest BCUT2D eigenvalue weighted by molar-refractivity contribution is 7.89. The Morgan fingerprint density at radius 2 is 2.09 bits per heavy atom. The van der Waals surface area contributed by atoms with E-state index < -0.39 is 10.0 Å². The number of unbranched alkanes of at least 4 members (excludes halogenated alkanes) is 1. The lowest BCUT2D eigenvalue weighted by atomic mass is 10.1. The summed E-state index contributed by atoms with van der Waals surface area (Å²) in [6.07, 6.45) is 4.43. The number of hydrogen-bond acceptors (Lipinski definition) is 4. The molecule has 1 amide bonds. The van der Waals surface area contributed by atoms with Crippen molar-refractivity contribution in [3.05, 3.63) is 30.1 Å². The van der Waals surface area contributed by atoms with Gasteiger partial charge in [0.25, 0.3) is 5.91 Å². The molecule has 0 aliphatic carbocycles. The summed E-state index contributed by atoms with van der Waals surface area (Å²) < 4.78 is 25.8. The lowest BCUT2D eigenvalue weighted by Gasteiger charge is -2.31. The SMILES string of the molecule is CCCCS(=O)(=O)N1CCC(NC(=O)c2ccccn2)CC1. The average molecular weight is 325 g/mol. The summed E-state index contributed by atoms with van der Waals surface area (Å²) in [5, 5.41) is 2.93. The summed E-state index contributed by atoms with van der Waals surface area (Å²) in [7, 11) is -3.14. The molecule has 1 N–H and O–H groups in total. The molecule has 22 heavy (non-hydrogen) atoms. The Hall–Kier alpha value is -1.47. The minimum absolute atomic E-state index is 0.00660. The fourth-order valence-electron chi connectivity index (χ4n) is 2.49. The minimum Gasteiger partial charge on any atom is -0.348 e. The van der Waals surface area contributed by atoms with Crippen molar-refractivity contribution < 1.29 is 13.2 Å². The highest BCUT2D eigenvalue weighted by Gasteiger charge is 2.28. The van der Waals surface area contributed by atoms with E-state index in [-0.39, 0.29) is 17.7 Å². The Morgan fingerprint density at radius 1 is 1.36 bits per heavy atom. The summed E-state index contributed by atoms with van der Waals surface area (Å²) in [6, 6.07) is 5.20. The minimum atomic E-state index is -3.14. The first-order chi connectivity index (χ1) is 10.5. The van der Waals surface area contributed by atoms with Gasteiger partial charge in [-0.3, -0.25) is 9.78 Å². The first-order valence-corrected chi connectivity index (χ1v) is 9.33. The van der Waals surface area contributed by atoms with E-state index in [1.165, 1.54) is 0 Å². The number of carbonyl (C=O) groups is 1. The van der Waals surface area contributed by atoms with Gasteiger partial charge in [0.05, 0.1) is 5.75 Å². The number of piperidine rings is 1. The van der Waals surface area contributed by atoms with E-state index in [0.29, 0.717) is 38.0 Å². The van der Waals surface area contributed by atoms with Crippen LogP contribution in [0.4, 0.5) is 0 Å². The Kier molecular flexibility index (Phi) is 5.90. The summed E-state index contributed by atoms with van der Waals surface area (Å²) in [5.74, 6) is 0.0157. The molecule has 1 aromatic rings. The zero-order valence-corrected chi connectivity index (χ0v) is 13.7. The lowest BCUT2D eigenvalue weighted by Crippen LogP contribution is -2.47. The van der Waals surface area contributed by atoms with E-state index in [9.17, 15) is 13.2 Å². The van der Waals surface area contributed by atoms with Crippen LogP contribution in [0.1, 0.15) is 43.1 Å². The van der Waals surface area contributed by atoms with E-state index in [1.807, 2.05) is 6.92 Å². The van der Waals surface area contributed by atoms with Crippen LogP contribution in [0.2, 0.25) is 0 Å². The normalized spacial score (nSPS) is 17.3. The topological polar surface area (TPSA) is 79.4 Å². The number of sulfonamides is 1. The van der Waals surface area contributed by atoms with Gasteiger partial charge in [0, 0.05) is 25.3 Å². The molecule has 0 saturated carbocycles. The van der Waals surface area contributed by atoms with Crippen LogP contribution in [-0.4, -0.2) is 48.5 Å². The first-order valence-electron chi connectivity index (χ1n) is 7.72. The summed E-state index contributed by atoms with van der Waals surface area (Å²) >= 11 is 0. The van der Waals surface area contributed by atoms with Crippen molar-refractivity contribution in [3.63, 3.8) is 0 Å². The van der Waals surface area contributed by atoms with Crippen molar-refractivity contribution in [3.8, 4) is 0 Å². The molecule has 0 bridgehead atoms. The van der Waals surface area contributed by atoms with Crippen LogP contribution < -0.4 is 5.32 Å². The molecular formula is C15H23N3O3S. The van der Waals surface area contributed by atoms with Crippen molar-refractivity contribution in [2.24, 2.45) is 0 Å². The predicted octanol–water partition coefficient (Wildman–Crippen LogP) is 1.41. The van der Waals surface area contributed by atoms with Crippen LogP contribution in [0.25, 0.3) is 0 Å². The van der Waals surface area contributed by atoms with E-state index in [0.717, 1.165) is 6.42 Å². The molecule has 0 unspecified atom stereocenters. The van der Waals surface area contributed by atoms with Gasteiger partial charge in [-0.25, -0.2) is 12.7 Å². The molecule has 2 rings (SSSR count). The smallest absolute Gasteiger partial charge is 0.270 e. The van der Waals surface area contributed by atoms with Gasteiger partial charge in [-0.1, -0.05) is 19.4 Å². The van der Waals surface area contributed by atoms with Crippen LogP contribution in [0.5, 0.6) is 0 Å². The first kappa shape index (κ1) is 16.9. The summed E-state index contributed by atoms with van der Waals surface area (Å²) in [4.78, 5) is 16.0.